The minimum atomic E-state index is 0.325. The van der Waals surface area contributed by atoms with Gasteiger partial charge in [-0.05, 0) is 19.1 Å². The Morgan fingerprint density at radius 1 is 1.13 bits per heavy atom. The first-order chi connectivity index (χ1) is 7.29. The number of hydrogen-bond donors (Lipinski definition) is 2. The second kappa shape index (κ2) is 4.29. The van der Waals surface area contributed by atoms with Crippen molar-refractivity contribution in [2.45, 2.75) is 13.5 Å². The number of hydroxylamine groups is 1. The van der Waals surface area contributed by atoms with E-state index >= 15 is 0 Å². The number of aryl methyl sites for hydroxylation is 1. The highest BCUT2D eigenvalue weighted by Gasteiger charge is 2.03. The van der Waals surface area contributed by atoms with E-state index in [2.05, 4.69) is 5.48 Å². The van der Waals surface area contributed by atoms with Gasteiger partial charge in [-0.25, -0.2) is 0 Å². The zero-order valence-corrected chi connectivity index (χ0v) is 8.53. The molecule has 0 aliphatic heterocycles. The fourth-order valence-electron chi connectivity index (χ4n) is 1.42. The zero-order valence-electron chi connectivity index (χ0n) is 8.53. The maximum absolute atomic E-state index is 8.53. The van der Waals surface area contributed by atoms with Crippen LogP contribution in [0.5, 0.6) is 0 Å². The van der Waals surface area contributed by atoms with Crippen LogP contribution in [0, 0.1) is 6.92 Å². The summed E-state index contributed by atoms with van der Waals surface area (Å²) in [6.07, 6.45) is 0. The van der Waals surface area contributed by atoms with Gasteiger partial charge in [-0.2, -0.15) is 5.48 Å². The first kappa shape index (κ1) is 9.96. The summed E-state index contributed by atoms with van der Waals surface area (Å²) in [5.74, 6) is 1.54. The molecule has 3 heteroatoms. The van der Waals surface area contributed by atoms with E-state index in [1.165, 1.54) is 5.56 Å². The Morgan fingerprint density at radius 2 is 1.87 bits per heavy atom. The molecule has 1 aromatic heterocycles. The van der Waals surface area contributed by atoms with Crippen molar-refractivity contribution < 1.29 is 9.62 Å². The van der Waals surface area contributed by atoms with E-state index in [9.17, 15) is 0 Å². The lowest BCUT2D eigenvalue weighted by Gasteiger charge is -1.98. The van der Waals surface area contributed by atoms with Gasteiger partial charge in [0.15, 0.2) is 0 Å². The summed E-state index contributed by atoms with van der Waals surface area (Å²) in [6.45, 7) is 2.37. The topological polar surface area (TPSA) is 45.4 Å². The second-order valence-electron chi connectivity index (χ2n) is 3.47. The Hall–Kier alpha value is -1.58. The molecule has 0 spiro atoms. The Morgan fingerprint density at radius 3 is 2.53 bits per heavy atom. The maximum atomic E-state index is 8.53. The molecule has 3 nitrogen and oxygen atoms in total. The largest absolute Gasteiger partial charge is 0.460 e. The predicted molar refractivity (Wildman–Crippen MR) is 57.5 cm³/mol. The Bertz CT molecular complexity index is 431. The van der Waals surface area contributed by atoms with Crippen LogP contribution in [-0.4, -0.2) is 5.21 Å². The van der Waals surface area contributed by atoms with Gasteiger partial charge in [-0.15, -0.1) is 0 Å². The fraction of sp³-hybridized carbons (Fsp3) is 0.167. The summed E-state index contributed by atoms with van der Waals surface area (Å²) >= 11 is 0. The lowest BCUT2D eigenvalue weighted by atomic mass is 10.1. The van der Waals surface area contributed by atoms with Crippen molar-refractivity contribution in [3.63, 3.8) is 0 Å². The van der Waals surface area contributed by atoms with Crippen LogP contribution in [0.25, 0.3) is 11.3 Å². The summed E-state index contributed by atoms with van der Waals surface area (Å²) < 4.78 is 5.53. The van der Waals surface area contributed by atoms with E-state index in [0.29, 0.717) is 12.3 Å². The lowest BCUT2D eigenvalue weighted by molar-refractivity contribution is 0.153. The van der Waals surface area contributed by atoms with Crippen molar-refractivity contribution in [1.29, 1.82) is 0 Å². The van der Waals surface area contributed by atoms with Gasteiger partial charge in [0.25, 0.3) is 0 Å². The smallest absolute Gasteiger partial charge is 0.134 e. The zero-order chi connectivity index (χ0) is 10.7. The van der Waals surface area contributed by atoms with E-state index in [4.69, 9.17) is 9.62 Å². The van der Waals surface area contributed by atoms with E-state index in [1.807, 2.05) is 43.3 Å². The monoisotopic (exact) mass is 203 g/mol. The third kappa shape index (κ3) is 2.26. The average Bonchev–Trinajstić information content (AvgIpc) is 2.68. The minimum Gasteiger partial charge on any atom is -0.460 e. The molecule has 15 heavy (non-hydrogen) atoms. The van der Waals surface area contributed by atoms with Crippen molar-refractivity contribution in [3.05, 3.63) is 47.7 Å². The molecule has 78 valence electrons. The van der Waals surface area contributed by atoms with Crippen LogP contribution >= 0.6 is 0 Å². The Balaban J connectivity index is 2.25. The van der Waals surface area contributed by atoms with Crippen LogP contribution in [0.2, 0.25) is 0 Å². The highest BCUT2D eigenvalue weighted by atomic mass is 16.5. The van der Waals surface area contributed by atoms with Gasteiger partial charge >= 0.3 is 0 Å². The van der Waals surface area contributed by atoms with Gasteiger partial charge in [-0.3, -0.25) is 0 Å². The molecular weight excluding hydrogens is 190 g/mol. The van der Waals surface area contributed by atoms with Crippen LogP contribution in [-0.2, 0) is 6.54 Å². The van der Waals surface area contributed by atoms with Crippen LogP contribution in [0.3, 0.4) is 0 Å². The fourth-order valence-corrected chi connectivity index (χ4v) is 1.42. The van der Waals surface area contributed by atoms with Gasteiger partial charge in [0.2, 0.25) is 0 Å². The van der Waals surface area contributed by atoms with Crippen molar-refractivity contribution in [1.82, 2.24) is 5.48 Å². The molecule has 0 amide bonds. The molecule has 0 aliphatic rings. The van der Waals surface area contributed by atoms with E-state index in [-0.39, 0.29) is 0 Å². The number of nitrogens with one attached hydrogen (secondary N) is 1. The van der Waals surface area contributed by atoms with Crippen LogP contribution < -0.4 is 5.48 Å². The van der Waals surface area contributed by atoms with E-state index < -0.39 is 0 Å². The molecule has 0 saturated heterocycles. The van der Waals surface area contributed by atoms with E-state index in [0.717, 1.165) is 11.3 Å². The molecule has 0 bridgehead atoms. The molecule has 2 rings (SSSR count). The van der Waals surface area contributed by atoms with Gasteiger partial charge in [-0.1, -0.05) is 29.8 Å². The standard InChI is InChI=1S/C12H13NO2/c1-9-2-4-10(5-3-9)12-7-6-11(15-12)8-13-14/h2-7,13-14H,8H2,1H3. The molecule has 1 heterocycles. The summed E-state index contributed by atoms with van der Waals surface area (Å²) in [4.78, 5) is 0. The van der Waals surface area contributed by atoms with Crippen molar-refractivity contribution in [2.24, 2.45) is 0 Å². The summed E-state index contributed by atoms with van der Waals surface area (Å²) in [5.41, 5.74) is 4.33. The minimum absolute atomic E-state index is 0.325. The first-order valence-electron chi connectivity index (χ1n) is 4.82. The first-order valence-corrected chi connectivity index (χ1v) is 4.82. The summed E-state index contributed by atoms with van der Waals surface area (Å²) in [6, 6.07) is 11.9. The molecule has 2 aromatic rings. The Labute approximate surface area is 88.3 Å². The van der Waals surface area contributed by atoms with Crippen LogP contribution in [0.1, 0.15) is 11.3 Å². The van der Waals surface area contributed by atoms with Crippen molar-refractivity contribution in [2.75, 3.05) is 0 Å². The molecule has 1 aromatic carbocycles. The van der Waals surface area contributed by atoms with Gasteiger partial charge < -0.3 is 9.62 Å². The SMILES string of the molecule is Cc1ccc(-c2ccc(CNO)o2)cc1. The Kier molecular flexibility index (Phi) is 2.85. The maximum Gasteiger partial charge on any atom is 0.134 e. The normalized spacial score (nSPS) is 10.5. The third-order valence-corrected chi connectivity index (χ3v) is 2.25. The molecule has 0 fully saturated rings. The molecule has 0 radical (unpaired) electrons. The van der Waals surface area contributed by atoms with Crippen molar-refractivity contribution >= 4 is 0 Å². The van der Waals surface area contributed by atoms with Crippen LogP contribution in [0.4, 0.5) is 0 Å². The molecule has 0 aliphatic carbocycles. The van der Waals surface area contributed by atoms with E-state index in [1.54, 1.807) is 0 Å². The van der Waals surface area contributed by atoms with Gasteiger partial charge in [0.1, 0.15) is 11.5 Å². The number of hydrogen-bond acceptors (Lipinski definition) is 3. The number of furan rings is 1. The van der Waals surface area contributed by atoms with Gasteiger partial charge in [0, 0.05) is 5.56 Å². The molecule has 0 unspecified atom stereocenters. The molecule has 0 saturated carbocycles. The molecular formula is C12H13NO2. The molecule has 2 N–H and O–H groups in total. The number of rotatable bonds is 3. The molecule has 0 atom stereocenters. The highest BCUT2D eigenvalue weighted by molar-refractivity contribution is 5.57. The van der Waals surface area contributed by atoms with Gasteiger partial charge in [0.05, 0.1) is 6.54 Å². The van der Waals surface area contributed by atoms with Crippen LogP contribution in [0.15, 0.2) is 40.8 Å². The highest BCUT2D eigenvalue weighted by Crippen LogP contribution is 2.22. The van der Waals surface area contributed by atoms with Crippen molar-refractivity contribution in [3.8, 4) is 11.3 Å². The predicted octanol–water partition coefficient (Wildman–Crippen LogP) is 2.73. The third-order valence-electron chi connectivity index (χ3n) is 2.25. The quantitative estimate of drug-likeness (QED) is 0.754. The lowest BCUT2D eigenvalue weighted by Crippen LogP contribution is -2.04. The second-order valence-corrected chi connectivity index (χ2v) is 3.47. The summed E-state index contributed by atoms with van der Waals surface area (Å²) in [7, 11) is 0. The number of benzene rings is 1. The summed E-state index contributed by atoms with van der Waals surface area (Å²) in [5, 5.41) is 8.53. The average molecular weight is 203 g/mol.